The summed E-state index contributed by atoms with van der Waals surface area (Å²) in [4.78, 5) is 54.8. The van der Waals surface area contributed by atoms with Crippen molar-refractivity contribution < 1.29 is 23.5 Å². The largest absolute Gasteiger partial charge is 0.497 e. The zero-order valence-electron chi connectivity index (χ0n) is 20.3. The summed E-state index contributed by atoms with van der Waals surface area (Å²) in [5.74, 6) is -1.49. The number of ether oxygens (including phenoxy) is 1. The van der Waals surface area contributed by atoms with Gasteiger partial charge in [-0.15, -0.1) is 0 Å². The number of carbonyl (C=O) groups excluding carboxylic acids is 3. The number of furan rings is 1. The SMILES string of the molecule is COc1ccc(NC(=O)Cn2c3c(sc2=O)[C@H](c2ccco2)C2C(=O)N(c4ccc(Cl)cc4)C(=O)C2S3)cc1. The molecule has 0 saturated carbocycles. The van der Waals surface area contributed by atoms with Gasteiger partial charge in [0.05, 0.1) is 40.8 Å². The van der Waals surface area contributed by atoms with Gasteiger partial charge in [-0.1, -0.05) is 34.7 Å². The normalized spacial score (nSPS) is 20.1. The van der Waals surface area contributed by atoms with Gasteiger partial charge >= 0.3 is 4.87 Å². The molecule has 2 unspecified atom stereocenters. The molecule has 2 aliphatic rings. The molecule has 39 heavy (non-hydrogen) atoms. The third kappa shape index (κ3) is 4.46. The number of nitrogens with one attached hydrogen (secondary N) is 1. The molecule has 198 valence electrons. The first kappa shape index (κ1) is 25.5. The molecule has 12 heteroatoms. The van der Waals surface area contributed by atoms with Crippen LogP contribution in [0.2, 0.25) is 5.02 Å². The van der Waals surface area contributed by atoms with Crippen molar-refractivity contribution in [2.75, 3.05) is 17.3 Å². The first-order valence-electron chi connectivity index (χ1n) is 11.9. The minimum Gasteiger partial charge on any atom is -0.497 e. The molecule has 2 aliphatic heterocycles. The number of benzene rings is 2. The Kier molecular flexibility index (Phi) is 6.57. The number of carbonyl (C=O) groups is 3. The van der Waals surface area contributed by atoms with Crippen molar-refractivity contribution >= 4 is 63.8 Å². The van der Waals surface area contributed by atoms with Gasteiger partial charge in [-0.25, -0.2) is 4.90 Å². The van der Waals surface area contributed by atoms with Crippen molar-refractivity contribution in [2.24, 2.45) is 5.92 Å². The van der Waals surface area contributed by atoms with Crippen LogP contribution in [-0.2, 0) is 20.9 Å². The number of imide groups is 1. The van der Waals surface area contributed by atoms with Gasteiger partial charge in [0.25, 0.3) is 0 Å². The fourth-order valence-corrected chi connectivity index (χ4v) is 7.77. The lowest BCUT2D eigenvalue weighted by Gasteiger charge is -2.29. The van der Waals surface area contributed by atoms with E-state index < -0.39 is 28.9 Å². The summed E-state index contributed by atoms with van der Waals surface area (Å²) >= 11 is 8.11. The molecule has 3 amide bonds. The van der Waals surface area contributed by atoms with Gasteiger partial charge in [-0.3, -0.25) is 23.7 Å². The van der Waals surface area contributed by atoms with Crippen LogP contribution in [0.5, 0.6) is 5.75 Å². The molecule has 0 bridgehead atoms. The first-order valence-corrected chi connectivity index (χ1v) is 13.9. The third-order valence-corrected chi connectivity index (χ3v) is 9.52. The smallest absolute Gasteiger partial charge is 0.308 e. The molecule has 1 fully saturated rings. The molecule has 4 heterocycles. The molecule has 0 aliphatic carbocycles. The summed E-state index contributed by atoms with van der Waals surface area (Å²) in [6.45, 7) is -0.255. The van der Waals surface area contributed by atoms with Gasteiger partial charge in [0.1, 0.15) is 23.3 Å². The molecule has 1 N–H and O–H groups in total. The van der Waals surface area contributed by atoms with E-state index in [2.05, 4.69) is 5.32 Å². The van der Waals surface area contributed by atoms with Gasteiger partial charge < -0.3 is 14.5 Å². The van der Waals surface area contributed by atoms with Crippen LogP contribution in [0, 0.1) is 5.92 Å². The monoisotopic (exact) mass is 581 g/mol. The van der Waals surface area contributed by atoms with Crippen molar-refractivity contribution in [1.82, 2.24) is 4.57 Å². The molecule has 6 rings (SSSR count). The van der Waals surface area contributed by atoms with Crippen LogP contribution in [0.4, 0.5) is 11.4 Å². The Balaban J connectivity index is 1.35. The van der Waals surface area contributed by atoms with Crippen LogP contribution < -0.4 is 19.8 Å². The molecule has 9 nitrogen and oxygen atoms in total. The van der Waals surface area contributed by atoms with Crippen LogP contribution in [0.25, 0.3) is 0 Å². The second kappa shape index (κ2) is 10.1. The number of nitrogens with zero attached hydrogens (tertiary/aromatic N) is 2. The highest BCUT2D eigenvalue weighted by atomic mass is 35.5. The number of aromatic nitrogens is 1. The van der Waals surface area contributed by atoms with Crippen molar-refractivity contribution in [3.63, 3.8) is 0 Å². The predicted octanol–water partition coefficient (Wildman–Crippen LogP) is 4.60. The van der Waals surface area contributed by atoms with E-state index in [1.54, 1.807) is 67.8 Å². The fourth-order valence-electron chi connectivity index (χ4n) is 4.89. The van der Waals surface area contributed by atoms with Gasteiger partial charge in [-0.2, -0.15) is 0 Å². The Morgan fingerprint density at radius 3 is 2.46 bits per heavy atom. The molecule has 3 atom stereocenters. The maximum atomic E-state index is 13.7. The maximum Gasteiger partial charge on any atom is 0.308 e. The zero-order chi connectivity index (χ0) is 27.3. The molecule has 0 radical (unpaired) electrons. The van der Waals surface area contributed by atoms with E-state index >= 15 is 0 Å². The topological polar surface area (TPSA) is 111 Å². The molecule has 0 spiro atoms. The van der Waals surface area contributed by atoms with Gasteiger partial charge in [0.15, 0.2) is 0 Å². The Hall–Kier alpha value is -3.80. The molecular weight excluding hydrogens is 562 g/mol. The van der Waals surface area contributed by atoms with Gasteiger partial charge in [-0.05, 0) is 60.7 Å². The van der Waals surface area contributed by atoms with E-state index in [0.717, 1.165) is 23.1 Å². The van der Waals surface area contributed by atoms with Crippen LogP contribution in [0.1, 0.15) is 16.6 Å². The maximum absolute atomic E-state index is 13.7. The number of anilines is 2. The van der Waals surface area contributed by atoms with Crippen molar-refractivity contribution in [1.29, 1.82) is 0 Å². The lowest BCUT2D eigenvalue weighted by molar-refractivity contribution is -0.122. The second-order valence-corrected chi connectivity index (χ2v) is 11.5. The van der Waals surface area contributed by atoms with Gasteiger partial charge in [0.2, 0.25) is 17.7 Å². The highest BCUT2D eigenvalue weighted by molar-refractivity contribution is 8.00. The first-order chi connectivity index (χ1) is 18.9. The Morgan fingerprint density at radius 2 is 1.79 bits per heavy atom. The summed E-state index contributed by atoms with van der Waals surface area (Å²) in [6.07, 6.45) is 1.49. The minimum absolute atomic E-state index is 0.255. The quantitative estimate of drug-likeness (QED) is 0.331. The molecule has 2 aromatic carbocycles. The van der Waals surface area contributed by atoms with E-state index in [9.17, 15) is 19.2 Å². The summed E-state index contributed by atoms with van der Waals surface area (Å²) in [5.41, 5.74) is 0.969. The van der Waals surface area contributed by atoms with Gasteiger partial charge in [0, 0.05) is 10.7 Å². The minimum atomic E-state index is -0.805. The van der Waals surface area contributed by atoms with E-state index in [1.165, 1.54) is 15.7 Å². The molecular formula is C27H20ClN3O6S2. The number of fused-ring (bicyclic) bond motifs is 2. The van der Waals surface area contributed by atoms with Crippen LogP contribution in [-0.4, -0.2) is 34.6 Å². The molecule has 2 aromatic heterocycles. The highest BCUT2D eigenvalue weighted by Gasteiger charge is 2.57. The van der Waals surface area contributed by atoms with Crippen LogP contribution in [0.15, 0.2) is 81.2 Å². The number of thioether (sulfide) groups is 1. The number of halogens is 1. The Morgan fingerprint density at radius 1 is 1.05 bits per heavy atom. The van der Waals surface area contributed by atoms with Crippen LogP contribution in [0.3, 0.4) is 0 Å². The van der Waals surface area contributed by atoms with Crippen molar-refractivity contribution in [3.8, 4) is 5.75 Å². The van der Waals surface area contributed by atoms with E-state index in [0.29, 0.717) is 37.8 Å². The van der Waals surface area contributed by atoms with E-state index in [-0.39, 0.29) is 17.3 Å². The zero-order valence-corrected chi connectivity index (χ0v) is 22.7. The van der Waals surface area contributed by atoms with E-state index in [1.807, 2.05) is 0 Å². The number of thiazole rings is 1. The lowest BCUT2D eigenvalue weighted by Crippen LogP contribution is -2.32. The Bertz CT molecular complexity index is 1630. The number of hydrogen-bond donors (Lipinski definition) is 1. The molecule has 4 aromatic rings. The lowest BCUT2D eigenvalue weighted by atomic mass is 9.87. The number of hydrogen-bond acceptors (Lipinski definition) is 8. The van der Waals surface area contributed by atoms with Crippen molar-refractivity contribution in [3.05, 3.63) is 92.3 Å². The number of amides is 3. The van der Waals surface area contributed by atoms with E-state index in [4.69, 9.17) is 20.8 Å². The predicted molar refractivity (Wildman–Crippen MR) is 148 cm³/mol. The molecule has 1 saturated heterocycles. The average Bonchev–Trinajstić information content (AvgIpc) is 3.63. The average molecular weight is 582 g/mol. The summed E-state index contributed by atoms with van der Waals surface area (Å²) in [5, 5.41) is 2.94. The fraction of sp³-hybridized carbons (Fsp3) is 0.185. The summed E-state index contributed by atoms with van der Waals surface area (Å²) in [6, 6.07) is 16.7. The third-order valence-electron chi connectivity index (χ3n) is 6.66. The highest BCUT2D eigenvalue weighted by Crippen LogP contribution is 2.53. The van der Waals surface area contributed by atoms with Crippen molar-refractivity contribution in [2.45, 2.75) is 22.7 Å². The second-order valence-electron chi connectivity index (χ2n) is 8.95. The summed E-state index contributed by atoms with van der Waals surface area (Å²) in [7, 11) is 1.55. The number of rotatable bonds is 6. The number of methoxy groups -OCH3 is 1. The Labute approximate surface area is 235 Å². The standard InChI is InChI=1S/C27H20ClN3O6S2/c1-36-17-10-6-15(7-11-17)29-19(32)13-30-26-23(39-27(30)35)20(18-3-2-12-37-18)21-22(38-26)25(34)31(24(21)33)16-8-4-14(28)5-9-16/h2-12,20-22H,13H2,1H3,(H,29,32)/t20-,21?,22?/m1/s1. The summed E-state index contributed by atoms with van der Waals surface area (Å²) < 4.78 is 12.2. The van der Waals surface area contributed by atoms with Crippen LogP contribution >= 0.6 is 34.7 Å².